The van der Waals surface area contributed by atoms with Crippen LogP contribution in [-0.4, -0.2) is 43.6 Å². The summed E-state index contributed by atoms with van der Waals surface area (Å²) < 4.78 is 7.78. The number of benzene rings is 2. The molecule has 3 heterocycles. The lowest BCUT2D eigenvalue weighted by atomic mass is 10.1. The lowest BCUT2D eigenvalue weighted by Gasteiger charge is -2.32. The highest BCUT2D eigenvalue weighted by atomic mass is 35.5. The zero-order chi connectivity index (χ0) is 23.5. The number of fused-ring (bicyclic) bond motifs is 1. The van der Waals surface area contributed by atoms with Gasteiger partial charge in [0.15, 0.2) is 5.65 Å². The molecule has 1 unspecified atom stereocenters. The van der Waals surface area contributed by atoms with Crippen LogP contribution in [0.25, 0.3) is 22.3 Å². The number of likely N-dealkylation sites (tertiary alicyclic amines) is 1. The SMILES string of the molecule is Nc1ncnc2c1c(-c1ccc(Oc3ccccc3)cc1)nn2C1CCCN(C(=O)/C=C/Cl)C1. The molecular formula is C25H23ClN6O2. The van der Waals surface area contributed by atoms with Crippen LogP contribution < -0.4 is 10.5 Å². The molecular weight excluding hydrogens is 452 g/mol. The number of amides is 1. The van der Waals surface area contributed by atoms with E-state index in [1.807, 2.05) is 59.3 Å². The van der Waals surface area contributed by atoms with E-state index >= 15 is 0 Å². The molecule has 172 valence electrons. The Balaban J connectivity index is 1.49. The van der Waals surface area contributed by atoms with Gasteiger partial charge in [0.25, 0.3) is 0 Å². The van der Waals surface area contributed by atoms with Crippen molar-refractivity contribution in [3.8, 4) is 22.8 Å². The molecule has 1 fully saturated rings. The minimum atomic E-state index is -0.112. The second kappa shape index (κ2) is 9.52. The van der Waals surface area contributed by atoms with Crippen LogP contribution in [-0.2, 0) is 4.79 Å². The highest BCUT2D eigenvalue weighted by Crippen LogP contribution is 2.34. The molecule has 1 amide bonds. The predicted octanol–water partition coefficient (Wildman–Crippen LogP) is 4.78. The van der Waals surface area contributed by atoms with Crippen molar-refractivity contribution in [3.63, 3.8) is 0 Å². The molecule has 34 heavy (non-hydrogen) atoms. The number of anilines is 1. The number of ether oxygens (including phenoxy) is 1. The summed E-state index contributed by atoms with van der Waals surface area (Å²) >= 11 is 5.61. The average Bonchev–Trinajstić information content (AvgIpc) is 3.26. The van der Waals surface area contributed by atoms with Gasteiger partial charge in [-0.3, -0.25) is 4.79 Å². The van der Waals surface area contributed by atoms with Crippen LogP contribution in [0.15, 0.2) is 72.5 Å². The highest BCUT2D eigenvalue weighted by Gasteiger charge is 2.28. The van der Waals surface area contributed by atoms with Crippen molar-refractivity contribution < 1.29 is 9.53 Å². The van der Waals surface area contributed by atoms with Crippen molar-refractivity contribution in [1.29, 1.82) is 0 Å². The summed E-state index contributed by atoms with van der Waals surface area (Å²) in [6.07, 6.45) is 4.54. The van der Waals surface area contributed by atoms with E-state index in [2.05, 4.69) is 9.97 Å². The van der Waals surface area contributed by atoms with Gasteiger partial charge in [-0.25, -0.2) is 14.6 Å². The zero-order valence-corrected chi connectivity index (χ0v) is 19.1. The summed E-state index contributed by atoms with van der Waals surface area (Å²) in [5, 5.41) is 5.61. The summed E-state index contributed by atoms with van der Waals surface area (Å²) in [5.41, 5.74) is 9.73. The summed E-state index contributed by atoms with van der Waals surface area (Å²) in [4.78, 5) is 22.8. The van der Waals surface area contributed by atoms with Crippen molar-refractivity contribution in [3.05, 3.63) is 72.5 Å². The fourth-order valence-corrected chi connectivity index (χ4v) is 4.38. The first-order valence-electron chi connectivity index (χ1n) is 11.0. The molecule has 4 aromatic rings. The summed E-state index contributed by atoms with van der Waals surface area (Å²) in [6.45, 7) is 1.20. The molecule has 8 nitrogen and oxygen atoms in total. The molecule has 0 aliphatic carbocycles. The minimum absolute atomic E-state index is 0.0346. The second-order valence-corrected chi connectivity index (χ2v) is 8.32. The van der Waals surface area contributed by atoms with Crippen LogP contribution in [0.1, 0.15) is 18.9 Å². The Morgan fingerprint density at radius 1 is 1.09 bits per heavy atom. The van der Waals surface area contributed by atoms with E-state index < -0.39 is 0 Å². The summed E-state index contributed by atoms with van der Waals surface area (Å²) in [5.74, 6) is 1.74. The number of carbonyl (C=O) groups is 1. The van der Waals surface area contributed by atoms with E-state index in [1.165, 1.54) is 17.9 Å². The number of halogens is 1. The van der Waals surface area contributed by atoms with Crippen molar-refractivity contribution in [2.24, 2.45) is 0 Å². The van der Waals surface area contributed by atoms with Crippen LogP contribution in [0.5, 0.6) is 11.5 Å². The summed E-state index contributed by atoms with van der Waals surface area (Å²) in [7, 11) is 0. The third kappa shape index (κ3) is 4.32. The molecule has 1 atom stereocenters. The fourth-order valence-electron chi connectivity index (χ4n) is 4.27. The Hall–Kier alpha value is -3.91. The van der Waals surface area contributed by atoms with Crippen molar-refractivity contribution in [2.45, 2.75) is 18.9 Å². The van der Waals surface area contributed by atoms with Crippen molar-refractivity contribution in [1.82, 2.24) is 24.6 Å². The number of nitrogens with two attached hydrogens (primary N) is 1. The first-order valence-corrected chi connectivity index (χ1v) is 11.5. The van der Waals surface area contributed by atoms with Crippen molar-refractivity contribution in [2.75, 3.05) is 18.8 Å². The zero-order valence-electron chi connectivity index (χ0n) is 18.3. The van der Waals surface area contributed by atoms with Gasteiger partial charge in [-0.05, 0) is 49.2 Å². The smallest absolute Gasteiger partial charge is 0.247 e. The second-order valence-electron chi connectivity index (χ2n) is 8.06. The maximum absolute atomic E-state index is 12.3. The Morgan fingerprint density at radius 3 is 2.62 bits per heavy atom. The lowest BCUT2D eigenvalue weighted by molar-refractivity contribution is -0.127. The molecule has 0 saturated carbocycles. The van der Waals surface area contributed by atoms with Gasteiger partial charge in [0.1, 0.15) is 29.3 Å². The van der Waals surface area contributed by atoms with Gasteiger partial charge in [0, 0.05) is 30.3 Å². The molecule has 0 bridgehead atoms. The molecule has 0 spiro atoms. The third-order valence-corrected chi connectivity index (χ3v) is 6.01. The van der Waals surface area contributed by atoms with E-state index in [1.54, 1.807) is 4.90 Å². The number of hydrogen-bond donors (Lipinski definition) is 1. The number of aromatic nitrogens is 4. The number of hydrogen-bond acceptors (Lipinski definition) is 6. The molecule has 1 aliphatic heterocycles. The summed E-state index contributed by atoms with van der Waals surface area (Å²) in [6, 6.07) is 17.3. The first kappa shape index (κ1) is 21.9. The maximum atomic E-state index is 12.3. The van der Waals surface area contributed by atoms with E-state index in [4.69, 9.17) is 27.2 Å². The number of rotatable bonds is 5. The van der Waals surface area contributed by atoms with Crippen LogP contribution in [0, 0.1) is 0 Å². The first-order chi connectivity index (χ1) is 16.6. The molecule has 9 heteroatoms. The Bertz CT molecular complexity index is 1340. The highest BCUT2D eigenvalue weighted by molar-refractivity contribution is 6.26. The van der Waals surface area contributed by atoms with Gasteiger partial charge in [0.2, 0.25) is 5.91 Å². The predicted molar refractivity (Wildman–Crippen MR) is 132 cm³/mol. The van der Waals surface area contributed by atoms with Crippen LogP contribution >= 0.6 is 11.6 Å². The van der Waals surface area contributed by atoms with Crippen LogP contribution in [0.3, 0.4) is 0 Å². The molecule has 2 aromatic carbocycles. The largest absolute Gasteiger partial charge is 0.457 e. The van der Waals surface area contributed by atoms with Gasteiger partial charge < -0.3 is 15.4 Å². The van der Waals surface area contributed by atoms with Crippen LogP contribution in [0.4, 0.5) is 5.82 Å². The number of nitrogens with zero attached hydrogens (tertiary/aromatic N) is 5. The van der Waals surface area contributed by atoms with Crippen LogP contribution in [0.2, 0.25) is 0 Å². The molecule has 1 saturated heterocycles. The fraction of sp³-hybridized carbons (Fsp3) is 0.200. The Kier molecular flexibility index (Phi) is 6.14. The Morgan fingerprint density at radius 2 is 1.85 bits per heavy atom. The van der Waals surface area contributed by atoms with Gasteiger partial charge in [-0.15, -0.1) is 0 Å². The normalized spacial score (nSPS) is 16.3. The number of carbonyl (C=O) groups excluding carboxylic acids is 1. The standard InChI is InChI=1S/C25H23ClN6O2/c26-13-12-21(33)31-14-4-5-18(15-31)32-25-22(24(27)28-16-29-25)23(30-32)17-8-10-20(11-9-17)34-19-6-2-1-3-7-19/h1-3,6-13,16,18H,4-5,14-15H2,(H2,27,28,29)/b13-12+. The Labute approximate surface area is 201 Å². The van der Waals surface area contributed by atoms with E-state index in [9.17, 15) is 4.79 Å². The third-order valence-electron chi connectivity index (χ3n) is 5.88. The number of nitrogen functional groups attached to an aromatic ring is 1. The minimum Gasteiger partial charge on any atom is -0.457 e. The van der Waals surface area contributed by atoms with Gasteiger partial charge in [-0.2, -0.15) is 5.10 Å². The molecule has 2 N–H and O–H groups in total. The number of para-hydroxylation sites is 1. The maximum Gasteiger partial charge on any atom is 0.247 e. The molecule has 1 aliphatic rings. The molecule has 5 rings (SSSR count). The topological polar surface area (TPSA) is 99.2 Å². The monoisotopic (exact) mass is 474 g/mol. The van der Waals surface area contributed by atoms with E-state index in [0.29, 0.717) is 35.6 Å². The molecule has 2 aromatic heterocycles. The van der Waals surface area contributed by atoms with E-state index in [-0.39, 0.29) is 11.9 Å². The van der Waals surface area contributed by atoms with Gasteiger partial charge >= 0.3 is 0 Å². The average molecular weight is 475 g/mol. The quantitative estimate of drug-likeness (QED) is 0.418. The number of piperidine rings is 1. The van der Waals surface area contributed by atoms with E-state index in [0.717, 1.165) is 29.9 Å². The van der Waals surface area contributed by atoms with Gasteiger partial charge in [0.05, 0.1) is 11.4 Å². The van der Waals surface area contributed by atoms with Gasteiger partial charge in [-0.1, -0.05) is 29.8 Å². The molecule has 0 radical (unpaired) electrons. The van der Waals surface area contributed by atoms with Crippen molar-refractivity contribution >= 4 is 34.4 Å². The lowest BCUT2D eigenvalue weighted by Crippen LogP contribution is -2.40.